The summed E-state index contributed by atoms with van der Waals surface area (Å²) in [5.74, 6) is -1.23. The van der Waals surface area contributed by atoms with Crippen molar-refractivity contribution in [2.45, 2.75) is 52.7 Å². The summed E-state index contributed by atoms with van der Waals surface area (Å²) in [6, 6.07) is 8.29. The highest BCUT2D eigenvalue weighted by molar-refractivity contribution is 5.77. The number of phenolic OH excluding ortho intramolecular Hbond substituents is 2. The van der Waals surface area contributed by atoms with Crippen molar-refractivity contribution in [1.82, 2.24) is 0 Å². The van der Waals surface area contributed by atoms with Crippen LogP contribution >= 0.6 is 0 Å². The summed E-state index contributed by atoms with van der Waals surface area (Å²) in [6.45, 7) is 9.79. The van der Waals surface area contributed by atoms with Gasteiger partial charge in [-0.05, 0) is 77.9 Å². The summed E-state index contributed by atoms with van der Waals surface area (Å²) in [5, 5.41) is 17.6. The molecule has 2 N–H and O–H groups in total. The van der Waals surface area contributed by atoms with Crippen molar-refractivity contribution >= 4 is 24.5 Å². The minimum absolute atomic E-state index is 0.156. The lowest BCUT2D eigenvalue weighted by molar-refractivity contribution is -0.158. The standard InChI is InChI=1S/C19H26O7.C7H6O3/c1-18(2,3)25-16(21)11-23-14-8-7-13(10-20)9-15(14)24-12-17(22)26-19(4,5)6;8-4-5-1-2-6(9)7(10)3-5/h7-10H,11-12H2,1-6H3;1-4,9-10H. The summed E-state index contributed by atoms with van der Waals surface area (Å²) in [7, 11) is 0. The Balaban J connectivity index is 0.000000537. The van der Waals surface area contributed by atoms with Gasteiger partial charge >= 0.3 is 11.9 Å². The van der Waals surface area contributed by atoms with Gasteiger partial charge in [0.25, 0.3) is 0 Å². The summed E-state index contributed by atoms with van der Waals surface area (Å²) < 4.78 is 21.1. The van der Waals surface area contributed by atoms with Crippen molar-refractivity contribution in [3.63, 3.8) is 0 Å². The molecule has 0 bridgehead atoms. The molecule has 0 aliphatic heterocycles. The van der Waals surface area contributed by atoms with Gasteiger partial charge in [-0.1, -0.05) is 0 Å². The van der Waals surface area contributed by atoms with Crippen molar-refractivity contribution < 1.29 is 48.3 Å². The molecule has 0 unspecified atom stereocenters. The molecule has 0 saturated carbocycles. The molecular weight excluding hydrogens is 472 g/mol. The van der Waals surface area contributed by atoms with Gasteiger partial charge in [0, 0.05) is 11.1 Å². The number of ether oxygens (including phenoxy) is 4. The average Bonchev–Trinajstić information content (AvgIpc) is 2.76. The van der Waals surface area contributed by atoms with Crippen molar-refractivity contribution in [3.8, 4) is 23.0 Å². The molecule has 0 heterocycles. The third kappa shape index (κ3) is 11.9. The zero-order valence-corrected chi connectivity index (χ0v) is 21.2. The van der Waals surface area contributed by atoms with E-state index < -0.39 is 23.1 Å². The van der Waals surface area contributed by atoms with Crippen LogP contribution in [0.1, 0.15) is 62.3 Å². The average molecular weight is 505 g/mol. The van der Waals surface area contributed by atoms with Crippen LogP contribution in [0.15, 0.2) is 36.4 Å². The van der Waals surface area contributed by atoms with Gasteiger partial charge in [-0.15, -0.1) is 0 Å². The van der Waals surface area contributed by atoms with Crippen LogP contribution in [-0.4, -0.2) is 59.1 Å². The second-order valence-corrected chi connectivity index (χ2v) is 9.44. The van der Waals surface area contributed by atoms with E-state index in [-0.39, 0.29) is 36.2 Å². The van der Waals surface area contributed by atoms with E-state index in [1.165, 1.54) is 36.4 Å². The van der Waals surface area contributed by atoms with E-state index >= 15 is 0 Å². The van der Waals surface area contributed by atoms with Gasteiger partial charge in [0.15, 0.2) is 36.2 Å². The maximum Gasteiger partial charge on any atom is 0.344 e. The van der Waals surface area contributed by atoms with E-state index in [1.54, 1.807) is 41.5 Å². The highest BCUT2D eigenvalue weighted by atomic mass is 16.6. The van der Waals surface area contributed by atoms with Gasteiger partial charge in [-0.2, -0.15) is 0 Å². The predicted molar refractivity (Wildman–Crippen MR) is 130 cm³/mol. The predicted octanol–water partition coefficient (Wildman–Crippen LogP) is 3.85. The molecule has 0 amide bonds. The Labute approximate surface area is 209 Å². The third-order valence-corrected chi connectivity index (χ3v) is 3.77. The SMILES string of the molecule is CC(C)(C)OC(=O)COc1ccc(C=O)cc1OCC(=O)OC(C)(C)C.O=Cc1ccc(O)c(O)c1. The highest BCUT2D eigenvalue weighted by Gasteiger charge is 2.19. The Bertz CT molecular complexity index is 1060. The molecule has 10 nitrogen and oxygen atoms in total. The number of hydrogen-bond donors (Lipinski definition) is 2. The van der Waals surface area contributed by atoms with E-state index in [1.807, 2.05) is 0 Å². The minimum atomic E-state index is -0.638. The Morgan fingerprint density at radius 2 is 1.14 bits per heavy atom. The van der Waals surface area contributed by atoms with Gasteiger partial charge in [-0.3, -0.25) is 9.59 Å². The fourth-order valence-electron chi connectivity index (χ4n) is 2.46. The van der Waals surface area contributed by atoms with E-state index in [2.05, 4.69) is 0 Å². The number of hydrogen-bond acceptors (Lipinski definition) is 10. The van der Waals surface area contributed by atoms with Crippen LogP contribution in [0.4, 0.5) is 0 Å². The van der Waals surface area contributed by atoms with Gasteiger partial charge < -0.3 is 29.2 Å². The fourth-order valence-corrected chi connectivity index (χ4v) is 2.46. The Morgan fingerprint density at radius 1 is 0.694 bits per heavy atom. The first-order valence-corrected chi connectivity index (χ1v) is 10.9. The lowest BCUT2D eigenvalue weighted by atomic mass is 10.2. The molecule has 2 aromatic rings. The lowest BCUT2D eigenvalue weighted by Gasteiger charge is -2.21. The van der Waals surface area contributed by atoms with Gasteiger partial charge in [0.1, 0.15) is 23.8 Å². The smallest absolute Gasteiger partial charge is 0.344 e. The first-order valence-electron chi connectivity index (χ1n) is 10.9. The maximum absolute atomic E-state index is 11.8. The number of benzene rings is 2. The molecule has 196 valence electrons. The second kappa shape index (κ2) is 13.1. The van der Waals surface area contributed by atoms with Gasteiger partial charge in [0.05, 0.1) is 0 Å². The largest absolute Gasteiger partial charge is 0.504 e. The molecule has 2 aromatic carbocycles. The number of aldehydes is 2. The first-order chi connectivity index (χ1) is 16.6. The first kappa shape index (κ1) is 30.0. The zero-order chi connectivity index (χ0) is 27.5. The Kier molecular flexibility index (Phi) is 10.9. The Hall–Kier alpha value is -4.08. The second-order valence-electron chi connectivity index (χ2n) is 9.44. The van der Waals surface area contributed by atoms with E-state index in [0.29, 0.717) is 23.7 Å². The van der Waals surface area contributed by atoms with Crippen molar-refractivity contribution in [3.05, 3.63) is 47.5 Å². The molecule has 0 spiro atoms. The van der Waals surface area contributed by atoms with Gasteiger partial charge in [-0.25, -0.2) is 9.59 Å². The summed E-state index contributed by atoms with van der Waals surface area (Å²) in [4.78, 5) is 44.6. The van der Waals surface area contributed by atoms with Crippen molar-refractivity contribution in [2.24, 2.45) is 0 Å². The summed E-state index contributed by atoms with van der Waals surface area (Å²) in [5.41, 5.74) is -0.581. The maximum atomic E-state index is 11.8. The molecular formula is C26H32O10. The fraction of sp³-hybridized carbons (Fsp3) is 0.385. The molecule has 36 heavy (non-hydrogen) atoms. The van der Waals surface area contributed by atoms with Crippen LogP contribution < -0.4 is 9.47 Å². The molecule has 0 atom stereocenters. The number of carbonyl (C=O) groups is 4. The molecule has 0 aromatic heterocycles. The number of phenols is 2. The topological polar surface area (TPSA) is 146 Å². The van der Waals surface area contributed by atoms with E-state index in [0.717, 1.165) is 0 Å². The minimum Gasteiger partial charge on any atom is -0.504 e. The van der Waals surface area contributed by atoms with Crippen LogP contribution in [0.3, 0.4) is 0 Å². The molecule has 2 rings (SSSR count). The molecule has 0 saturated heterocycles. The quantitative estimate of drug-likeness (QED) is 0.309. The number of aromatic hydroxyl groups is 2. The number of esters is 2. The van der Waals surface area contributed by atoms with E-state index in [4.69, 9.17) is 29.2 Å². The zero-order valence-electron chi connectivity index (χ0n) is 21.2. The van der Waals surface area contributed by atoms with Crippen LogP contribution in [0.25, 0.3) is 0 Å². The molecule has 0 aliphatic carbocycles. The number of rotatable bonds is 8. The van der Waals surface area contributed by atoms with Crippen LogP contribution in [-0.2, 0) is 19.1 Å². The van der Waals surface area contributed by atoms with E-state index in [9.17, 15) is 19.2 Å². The van der Waals surface area contributed by atoms with Crippen LogP contribution in [0.5, 0.6) is 23.0 Å². The van der Waals surface area contributed by atoms with Crippen molar-refractivity contribution in [1.29, 1.82) is 0 Å². The van der Waals surface area contributed by atoms with Crippen LogP contribution in [0.2, 0.25) is 0 Å². The summed E-state index contributed by atoms with van der Waals surface area (Å²) in [6.07, 6.45) is 1.23. The third-order valence-electron chi connectivity index (χ3n) is 3.77. The van der Waals surface area contributed by atoms with Crippen molar-refractivity contribution in [2.75, 3.05) is 13.2 Å². The molecule has 0 fully saturated rings. The Morgan fingerprint density at radius 3 is 1.58 bits per heavy atom. The lowest BCUT2D eigenvalue weighted by Crippen LogP contribution is -2.28. The van der Waals surface area contributed by atoms with Gasteiger partial charge in [0.2, 0.25) is 0 Å². The monoisotopic (exact) mass is 504 g/mol. The number of carbonyl (C=O) groups excluding carboxylic acids is 4. The van der Waals surface area contributed by atoms with Crippen LogP contribution in [0, 0.1) is 0 Å². The summed E-state index contributed by atoms with van der Waals surface area (Å²) >= 11 is 0. The molecule has 0 radical (unpaired) electrons. The molecule has 0 aliphatic rings. The molecule has 10 heteroatoms. The highest BCUT2D eigenvalue weighted by Crippen LogP contribution is 2.28. The normalized spacial score (nSPS) is 10.8.